The van der Waals surface area contributed by atoms with Gasteiger partial charge in [0.25, 0.3) is 0 Å². The van der Waals surface area contributed by atoms with Crippen molar-refractivity contribution in [2.75, 3.05) is 7.11 Å². The number of nitrogens with zero attached hydrogens (tertiary/aromatic N) is 3. The Bertz CT molecular complexity index is 1150. The van der Waals surface area contributed by atoms with E-state index in [-0.39, 0.29) is 17.9 Å². The standard InChI is InChI=1S/C20H19ClF3N5O2/c1-31-16-7-4-11(9-13(16)21)18-27-14-10-12(20(22,23)24)5-6-15(14)29(18)8-2-3-17(30)28-19(25)26/h4-7,9-10H,2-3,8H2,1H3,(H4,25,26,28,30). The summed E-state index contributed by atoms with van der Waals surface area (Å²) in [7, 11) is 1.47. The molecule has 7 nitrogen and oxygen atoms in total. The Balaban J connectivity index is 2.04. The van der Waals surface area contributed by atoms with Gasteiger partial charge in [-0.05, 0) is 42.8 Å². The van der Waals surface area contributed by atoms with Crippen LogP contribution >= 0.6 is 11.6 Å². The molecule has 0 unspecified atom stereocenters. The Labute approximate surface area is 180 Å². The van der Waals surface area contributed by atoms with Crippen LogP contribution in [0.3, 0.4) is 0 Å². The Morgan fingerprint density at radius 3 is 2.58 bits per heavy atom. The normalized spacial score (nSPS) is 11.5. The van der Waals surface area contributed by atoms with E-state index >= 15 is 0 Å². The van der Waals surface area contributed by atoms with Gasteiger partial charge >= 0.3 is 6.18 Å². The van der Waals surface area contributed by atoms with E-state index in [9.17, 15) is 18.0 Å². The number of fused-ring (bicyclic) bond motifs is 1. The number of amides is 1. The minimum atomic E-state index is -4.49. The molecule has 1 amide bonds. The van der Waals surface area contributed by atoms with Crippen molar-refractivity contribution in [2.24, 2.45) is 16.5 Å². The van der Waals surface area contributed by atoms with Crippen molar-refractivity contribution in [1.29, 1.82) is 0 Å². The first-order chi connectivity index (χ1) is 14.6. The van der Waals surface area contributed by atoms with E-state index in [4.69, 9.17) is 27.8 Å². The van der Waals surface area contributed by atoms with Gasteiger partial charge in [0, 0.05) is 18.5 Å². The molecule has 0 radical (unpaired) electrons. The third-order valence-electron chi connectivity index (χ3n) is 4.51. The van der Waals surface area contributed by atoms with Gasteiger partial charge in [0.1, 0.15) is 11.6 Å². The Morgan fingerprint density at radius 2 is 1.97 bits per heavy atom. The molecule has 1 heterocycles. The molecule has 11 heteroatoms. The van der Waals surface area contributed by atoms with Gasteiger partial charge in [-0.1, -0.05) is 11.6 Å². The summed E-state index contributed by atoms with van der Waals surface area (Å²) in [6.45, 7) is 0.298. The minimum absolute atomic E-state index is 0.0566. The van der Waals surface area contributed by atoms with Crippen LogP contribution in [0.2, 0.25) is 5.02 Å². The summed E-state index contributed by atoms with van der Waals surface area (Å²) in [6, 6.07) is 8.31. The molecular formula is C20H19ClF3N5O2. The van der Waals surface area contributed by atoms with Crippen molar-refractivity contribution in [2.45, 2.75) is 25.6 Å². The zero-order valence-corrected chi connectivity index (χ0v) is 17.2. The quantitative estimate of drug-likeness (QED) is 0.433. The van der Waals surface area contributed by atoms with Crippen molar-refractivity contribution in [3.05, 3.63) is 47.0 Å². The number of aryl methyl sites for hydroxylation is 1. The molecule has 3 rings (SSSR count). The van der Waals surface area contributed by atoms with Gasteiger partial charge in [0.2, 0.25) is 5.91 Å². The summed E-state index contributed by atoms with van der Waals surface area (Å²) in [6.07, 6.45) is -4.09. The number of nitrogens with two attached hydrogens (primary N) is 2. The lowest BCUT2D eigenvalue weighted by molar-refractivity contribution is -0.137. The highest BCUT2D eigenvalue weighted by atomic mass is 35.5. The zero-order valence-electron chi connectivity index (χ0n) is 16.4. The predicted octanol–water partition coefficient (Wildman–Crippen LogP) is 3.96. The molecule has 0 spiro atoms. The molecule has 0 saturated heterocycles. The van der Waals surface area contributed by atoms with Crippen LogP contribution in [0.15, 0.2) is 41.4 Å². The summed E-state index contributed by atoms with van der Waals surface area (Å²) in [5, 5.41) is 0.331. The summed E-state index contributed by atoms with van der Waals surface area (Å²) in [4.78, 5) is 19.6. The maximum atomic E-state index is 13.1. The number of aromatic nitrogens is 2. The molecular weight excluding hydrogens is 435 g/mol. The van der Waals surface area contributed by atoms with Crippen LogP contribution in [0.1, 0.15) is 18.4 Å². The number of imidazole rings is 1. The van der Waals surface area contributed by atoms with Crippen LogP contribution in [0.5, 0.6) is 5.75 Å². The highest BCUT2D eigenvalue weighted by Crippen LogP contribution is 2.35. The number of benzene rings is 2. The van der Waals surface area contributed by atoms with Gasteiger partial charge in [-0.2, -0.15) is 18.2 Å². The van der Waals surface area contributed by atoms with E-state index in [2.05, 4.69) is 9.98 Å². The van der Waals surface area contributed by atoms with Gasteiger partial charge in [-0.3, -0.25) is 4.79 Å². The smallest absolute Gasteiger partial charge is 0.416 e. The fourth-order valence-corrected chi connectivity index (χ4v) is 3.40. The zero-order chi connectivity index (χ0) is 22.8. The van der Waals surface area contributed by atoms with Crippen LogP contribution in [0, 0.1) is 0 Å². The SMILES string of the molecule is COc1ccc(-c2nc3cc(C(F)(F)F)ccc3n2CCCC(=O)N=C(N)N)cc1Cl. The van der Waals surface area contributed by atoms with E-state index in [1.807, 2.05) is 0 Å². The maximum Gasteiger partial charge on any atom is 0.416 e. The molecule has 1 aromatic heterocycles. The molecule has 0 saturated carbocycles. The monoisotopic (exact) mass is 453 g/mol. The largest absolute Gasteiger partial charge is 0.495 e. The van der Waals surface area contributed by atoms with Crippen LogP contribution < -0.4 is 16.2 Å². The average Bonchev–Trinajstić information content (AvgIpc) is 3.04. The molecule has 0 aliphatic carbocycles. The van der Waals surface area contributed by atoms with Crippen LogP contribution in [0.25, 0.3) is 22.4 Å². The summed E-state index contributed by atoms with van der Waals surface area (Å²) >= 11 is 6.22. The Hall–Kier alpha value is -3.27. The van der Waals surface area contributed by atoms with Crippen LogP contribution in [0.4, 0.5) is 13.2 Å². The highest BCUT2D eigenvalue weighted by Gasteiger charge is 2.31. The first kappa shape index (κ1) is 22.4. The van der Waals surface area contributed by atoms with E-state index in [1.165, 1.54) is 13.2 Å². The summed E-state index contributed by atoms with van der Waals surface area (Å²) in [5.74, 6) is 0.0487. The first-order valence-electron chi connectivity index (χ1n) is 9.14. The number of hydrogen-bond acceptors (Lipinski definition) is 3. The fraction of sp³-hybridized carbons (Fsp3) is 0.250. The van der Waals surface area contributed by atoms with Crippen molar-refractivity contribution in [3.8, 4) is 17.1 Å². The molecule has 0 atom stereocenters. The lowest BCUT2D eigenvalue weighted by Gasteiger charge is -2.11. The first-order valence-corrected chi connectivity index (χ1v) is 9.52. The lowest BCUT2D eigenvalue weighted by atomic mass is 10.2. The van der Waals surface area contributed by atoms with Crippen LogP contribution in [-0.4, -0.2) is 28.5 Å². The summed E-state index contributed by atoms with van der Waals surface area (Å²) in [5.41, 5.74) is 10.8. The number of halogens is 4. The molecule has 164 valence electrons. The van der Waals surface area contributed by atoms with Crippen molar-refractivity contribution < 1.29 is 22.7 Å². The van der Waals surface area contributed by atoms with E-state index in [0.717, 1.165) is 12.1 Å². The number of alkyl halides is 3. The number of carbonyl (C=O) groups is 1. The molecule has 2 aromatic carbocycles. The van der Waals surface area contributed by atoms with Crippen LogP contribution in [-0.2, 0) is 17.5 Å². The van der Waals surface area contributed by atoms with E-state index in [0.29, 0.717) is 40.6 Å². The average molecular weight is 454 g/mol. The second kappa shape index (κ2) is 8.84. The molecule has 4 N–H and O–H groups in total. The number of aliphatic imine (C=N–C) groups is 1. The van der Waals surface area contributed by atoms with Gasteiger partial charge in [0.15, 0.2) is 5.96 Å². The Morgan fingerprint density at radius 1 is 1.23 bits per heavy atom. The maximum absolute atomic E-state index is 13.1. The molecule has 0 fully saturated rings. The second-order valence-corrected chi connectivity index (χ2v) is 7.08. The Kier molecular flexibility index (Phi) is 6.40. The molecule has 0 aliphatic rings. The number of guanidine groups is 1. The lowest BCUT2D eigenvalue weighted by Crippen LogP contribution is -2.24. The fourth-order valence-electron chi connectivity index (χ4n) is 3.15. The van der Waals surface area contributed by atoms with Crippen molar-refractivity contribution in [1.82, 2.24) is 9.55 Å². The molecule has 3 aromatic rings. The second-order valence-electron chi connectivity index (χ2n) is 6.67. The number of rotatable bonds is 6. The number of methoxy groups -OCH3 is 1. The third kappa shape index (κ3) is 5.08. The van der Waals surface area contributed by atoms with Crippen molar-refractivity contribution >= 4 is 34.5 Å². The van der Waals surface area contributed by atoms with Gasteiger partial charge < -0.3 is 20.8 Å². The molecule has 0 aliphatic heterocycles. The van der Waals surface area contributed by atoms with Gasteiger partial charge in [-0.15, -0.1) is 0 Å². The molecule has 31 heavy (non-hydrogen) atoms. The number of carbonyl (C=O) groups excluding carboxylic acids is 1. The molecule has 0 bridgehead atoms. The third-order valence-corrected chi connectivity index (χ3v) is 4.81. The van der Waals surface area contributed by atoms with Crippen molar-refractivity contribution in [3.63, 3.8) is 0 Å². The predicted molar refractivity (Wildman–Crippen MR) is 112 cm³/mol. The van der Waals surface area contributed by atoms with Gasteiger partial charge in [-0.25, -0.2) is 4.98 Å². The topological polar surface area (TPSA) is 109 Å². The van der Waals surface area contributed by atoms with Gasteiger partial charge in [0.05, 0.1) is 28.7 Å². The van der Waals surface area contributed by atoms with E-state index < -0.39 is 17.6 Å². The van der Waals surface area contributed by atoms with E-state index in [1.54, 1.807) is 22.8 Å². The number of hydrogen-bond donors (Lipinski definition) is 2. The number of ether oxygens (including phenoxy) is 1. The summed E-state index contributed by atoms with van der Waals surface area (Å²) < 4.78 is 46.3. The highest BCUT2D eigenvalue weighted by molar-refractivity contribution is 6.32. The minimum Gasteiger partial charge on any atom is -0.495 e.